The summed E-state index contributed by atoms with van der Waals surface area (Å²) in [6, 6.07) is 19.9. The summed E-state index contributed by atoms with van der Waals surface area (Å²) in [4.78, 5) is 4.53. The molecule has 0 spiro atoms. The van der Waals surface area contributed by atoms with Gasteiger partial charge in [-0.3, -0.25) is 0 Å². The van der Waals surface area contributed by atoms with E-state index in [4.69, 9.17) is 9.47 Å². The molecule has 1 aliphatic carbocycles. The lowest BCUT2D eigenvalue weighted by Gasteiger charge is -2.19. The van der Waals surface area contributed by atoms with E-state index in [2.05, 4.69) is 23.0 Å². The van der Waals surface area contributed by atoms with E-state index in [1.54, 1.807) is 14.2 Å². The zero-order chi connectivity index (χ0) is 17.5. The molecule has 0 radical (unpaired) electrons. The Kier molecular flexibility index (Phi) is 5.50. The first-order valence-corrected chi connectivity index (χ1v) is 8.28. The maximum absolute atomic E-state index is 5.63. The van der Waals surface area contributed by atoms with E-state index < -0.39 is 0 Å². The van der Waals surface area contributed by atoms with E-state index in [9.17, 15) is 0 Å². The molecule has 126 valence electrons. The van der Waals surface area contributed by atoms with Crippen LogP contribution in [0.25, 0.3) is 5.57 Å². The van der Waals surface area contributed by atoms with Crippen LogP contribution < -0.4 is 0 Å². The number of ether oxygens (including phenoxy) is 2. The Hall–Kier alpha value is -3.03. The van der Waals surface area contributed by atoms with E-state index in [0.717, 1.165) is 46.8 Å². The number of benzene rings is 2. The van der Waals surface area contributed by atoms with Gasteiger partial charge in [-0.05, 0) is 29.6 Å². The number of methoxy groups -OCH3 is 2. The van der Waals surface area contributed by atoms with Crippen LogP contribution in [0.4, 0.5) is 5.69 Å². The molecule has 3 nitrogen and oxygen atoms in total. The summed E-state index contributed by atoms with van der Waals surface area (Å²) in [7, 11) is 3.41. The molecule has 0 N–H and O–H groups in total. The van der Waals surface area contributed by atoms with E-state index in [-0.39, 0.29) is 0 Å². The fourth-order valence-corrected chi connectivity index (χ4v) is 2.78. The van der Waals surface area contributed by atoms with E-state index in [1.807, 2.05) is 54.6 Å². The first-order valence-electron chi connectivity index (χ1n) is 8.28. The molecule has 0 fully saturated rings. The third-order valence-corrected chi connectivity index (χ3v) is 4.10. The van der Waals surface area contributed by atoms with E-state index in [1.165, 1.54) is 0 Å². The molecule has 0 saturated carbocycles. The van der Waals surface area contributed by atoms with Crippen molar-refractivity contribution in [3.8, 4) is 0 Å². The summed E-state index contributed by atoms with van der Waals surface area (Å²) in [6.07, 6.45) is 3.66. The zero-order valence-electron chi connectivity index (χ0n) is 14.5. The normalized spacial score (nSPS) is 13.6. The molecule has 0 heterocycles. The molecule has 2 aromatic rings. The van der Waals surface area contributed by atoms with Gasteiger partial charge in [0.1, 0.15) is 5.76 Å². The molecular weight excluding hydrogens is 310 g/mol. The number of para-hydroxylation sites is 1. The van der Waals surface area contributed by atoms with Crippen LogP contribution in [0, 0.1) is 0 Å². The lowest BCUT2D eigenvalue weighted by molar-refractivity contribution is 0.242. The maximum Gasteiger partial charge on any atom is 0.105 e. The predicted octanol–water partition coefficient (Wildman–Crippen LogP) is 5.30. The number of rotatable bonds is 5. The third kappa shape index (κ3) is 4.09. The maximum atomic E-state index is 5.63. The molecular formula is C22H21NO2. The van der Waals surface area contributed by atoms with Crippen LogP contribution in [-0.2, 0) is 9.47 Å². The largest absolute Gasteiger partial charge is 0.501 e. The van der Waals surface area contributed by atoms with Crippen LogP contribution in [0.15, 0.2) is 88.8 Å². The third-order valence-electron chi connectivity index (χ3n) is 4.10. The van der Waals surface area contributed by atoms with Gasteiger partial charge in [0.25, 0.3) is 0 Å². The second-order valence-corrected chi connectivity index (χ2v) is 5.66. The van der Waals surface area contributed by atoms with Crippen molar-refractivity contribution in [2.45, 2.75) is 12.8 Å². The Labute approximate surface area is 148 Å². The zero-order valence-corrected chi connectivity index (χ0v) is 14.5. The average Bonchev–Trinajstić information content (AvgIpc) is 2.69. The molecule has 0 saturated heterocycles. The number of aliphatic imine (C=N–C) groups is 1. The summed E-state index contributed by atoms with van der Waals surface area (Å²) in [5.74, 6) is 5.10. The van der Waals surface area contributed by atoms with Gasteiger partial charge in [0.05, 0.1) is 31.2 Å². The molecule has 25 heavy (non-hydrogen) atoms. The molecule has 0 bridgehead atoms. The van der Waals surface area contributed by atoms with Crippen LogP contribution in [0.5, 0.6) is 0 Å². The van der Waals surface area contributed by atoms with Crippen molar-refractivity contribution in [2.24, 2.45) is 4.99 Å². The topological polar surface area (TPSA) is 30.8 Å². The van der Waals surface area contributed by atoms with Gasteiger partial charge in [-0.15, -0.1) is 0 Å². The summed E-state index contributed by atoms with van der Waals surface area (Å²) < 4.78 is 11.1. The molecule has 3 heteroatoms. The smallest absolute Gasteiger partial charge is 0.105 e. The Balaban J connectivity index is 2.16. The monoisotopic (exact) mass is 331 g/mol. The Morgan fingerprint density at radius 1 is 0.880 bits per heavy atom. The van der Waals surface area contributed by atoms with Gasteiger partial charge in [0.15, 0.2) is 0 Å². The molecule has 1 aliphatic rings. The van der Waals surface area contributed by atoms with Crippen LogP contribution in [0.1, 0.15) is 18.4 Å². The fraction of sp³-hybridized carbons (Fsp3) is 0.182. The highest BCUT2D eigenvalue weighted by molar-refractivity contribution is 6.01. The number of allylic oxidation sites excluding steroid dienone is 5. The molecule has 2 aromatic carbocycles. The number of hydrogen-bond donors (Lipinski definition) is 0. The lowest BCUT2D eigenvalue weighted by Crippen LogP contribution is -2.05. The highest BCUT2D eigenvalue weighted by Crippen LogP contribution is 2.33. The Morgan fingerprint density at radius 3 is 2.20 bits per heavy atom. The van der Waals surface area contributed by atoms with Crippen molar-refractivity contribution in [3.63, 3.8) is 0 Å². The molecule has 0 atom stereocenters. The highest BCUT2D eigenvalue weighted by atomic mass is 16.5. The number of nitrogens with zero attached hydrogens (tertiary/aromatic N) is 1. The molecule has 3 rings (SSSR count). The second kappa shape index (κ2) is 8.18. The molecule has 0 aromatic heterocycles. The highest BCUT2D eigenvalue weighted by Gasteiger charge is 2.19. The molecule has 0 unspecified atom stereocenters. The number of hydrogen-bond acceptors (Lipinski definition) is 3. The summed E-state index contributed by atoms with van der Waals surface area (Å²) in [5.41, 5.74) is 3.77. The first-order chi connectivity index (χ1) is 12.3. The predicted molar refractivity (Wildman–Crippen MR) is 102 cm³/mol. The van der Waals surface area contributed by atoms with Gasteiger partial charge in [-0.2, -0.15) is 0 Å². The van der Waals surface area contributed by atoms with E-state index >= 15 is 0 Å². The van der Waals surface area contributed by atoms with Crippen LogP contribution >= 0.6 is 0 Å². The fourth-order valence-electron chi connectivity index (χ4n) is 2.78. The quantitative estimate of drug-likeness (QED) is 0.696. The van der Waals surface area contributed by atoms with Crippen LogP contribution in [0.3, 0.4) is 0 Å². The molecule has 0 amide bonds. The van der Waals surface area contributed by atoms with Gasteiger partial charge in [0, 0.05) is 18.4 Å². The van der Waals surface area contributed by atoms with Crippen LogP contribution in [0.2, 0.25) is 0 Å². The Morgan fingerprint density at radius 2 is 1.56 bits per heavy atom. The minimum atomic E-state index is 0.800. The van der Waals surface area contributed by atoms with Gasteiger partial charge in [-0.25, -0.2) is 4.99 Å². The van der Waals surface area contributed by atoms with Gasteiger partial charge < -0.3 is 9.47 Å². The minimum absolute atomic E-state index is 0.800. The first kappa shape index (κ1) is 16.8. The second-order valence-electron chi connectivity index (χ2n) is 5.66. The van der Waals surface area contributed by atoms with Gasteiger partial charge in [-0.1, -0.05) is 48.5 Å². The van der Waals surface area contributed by atoms with Gasteiger partial charge in [0.2, 0.25) is 0 Å². The molecule has 0 aliphatic heterocycles. The Bertz CT molecular complexity index is 842. The van der Waals surface area contributed by atoms with E-state index in [0.29, 0.717) is 0 Å². The summed E-state index contributed by atoms with van der Waals surface area (Å²) in [5, 5.41) is 0. The van der Waals surface area contributed by atoms with Crippen molar-refractivity contribution >= 4 is 17.1 Å². The van der Waals surface area contributed by atoms with Crippen molar-refractivity contribution in [3.05, 3.63) is 89.4 Å². The average molecular weight is 331 g/mol. The SMILES string of the molecule is COC1=CC(C(=C=Nc2ccccc2)c2ccccc2)=C(OC)CC1. The standard InChI is InChI=1S/C22H21NO2/c1-24-19-13-14-22(25-2)20(15-19)21(17-9-5-3-6-10-17)16-23-18-11-7-4-8-12-18/h3-12,15H,13-14H2,1-2H3. The van der Waals surface area contributed by atoms with Gasteiger partial charge >= 0.3 is 0 Å². The van der Waals surface area contributed by atoms with Crippen molar-refractivity contribution in [1.29, 1.82) is 0 Å². The van der Waals surface area contributed by atoms with Crippen molar-refractivity contribution < 1.29 is 9.47 Å². The van der Waals surface area contributed by atoms with Crippen molar-refractivity contribution in [1.82, 2.24) is 0 Å². The van der Waals surface area contributed by atoms with Crippen LogP contribution in [-0.4, -0.2) is 20.1 Å². The minimum Gasteiger partial charge on any atom is -0.501 e. The van der Waals surface area contributed by atoms with Crippen molar-refractivity contribution in [2.75, 3.05) is 14.2 Å². The summed E-state index contributed by atoms with van der Waals surface area (Å²) >= 11 is 0. The summed E-state index contributed by atoms with van der Waals surface area (Å²) in [6.45, 7) is 0. The lowest BCUT2D eigenvalue weighted by atomic mass is 9.93.